The highest BCUT2D eigenvalue weighted by Gasteiger charge is 2.24. The molecule has 0 fully saturated rings. The Morgan fingerprint density at radius 1 is 1.33 bits per heavy atom. The summed E-state index contributed by atoms with van der Waals surface area (Å²) in [6, 6.07) is 7.46. The molecule has 3 rings (SSSR count). The number of nitrogens with one attached hydrogen (secondary N) is 1. The van der Waals surface area contributed by atoms with Crippen molar-refractivity contribution < 1.29 is 14.6 Å². The van der Waals surface area contributed by atoms with E-state index in [9.17, 15) is 4.79 Å². The van der Waals surface area contributed by atoms with E-state index in [-0.39, 0.29) is 12.5 Å². The van der Waals surface area contributed by atoms with E-state index in [0.717, 1.165) is 23.6 Å². The SMILES string of the molecule is CCc1ccc(NC(=O)C(C)n2cnc3c2COOCN3C)cc1. The molecule has 0 saturated heterocycles. The van der Waals surface area contributed by atoms with Crippen LogP contribution in [-0.4, -0.2) is 29.2 Å². The van der Waals surface area contributed by atoms with Crippen LogP contribution in [0.25, 0.3) is 0 Å². The zero-order valence-electron chi connectivity index (χ0n) is 14.2. The van der Waals surface area contributed by atoms with Crippen LogP contribution in [0, 0.1) is 0 Å². The number of rotatable bonds is 4. The van der Waals surface area contributed by atoms with Crippen LogP contribution in [0.1, 0.15) is 31.1 Å². The minimum absolute atomic E-state index is 0.104. The van der Waals surface area contributed by atoms with E-state index in [4.69, 9.17) is 9.78 Å². The lowest BCUT2D eigenvalue weighted by Crippen LogP contribution is -2.25. The first-order chi connectivity index (χ1) is 11.6. The average Bonchev–Trinajstić information content (AvgIpc) is 2.93. The third-order valence-electron chi connectivity index (χ3n) is 4.19. The smallest absolute Gasteiger partial charge is 0.247 e. The van der Waals surface area contributed by atoms with Gasteiger partial charge in [-0.3, -0.25) is 4.79 Å². The highest BCUT2D eigenvalue weighted by atomic mass is 17.2. The van der Waals surface area contributed by atoms with Crippen molar-refractivity contribution in [2.24, 2.45) is 0 Å². The molecule has 0 radical (unpaired) electrons. The van der Waals surface area contributed by atoms with Gasteiger partial charge in [-0.05, 0) is 31.0 Å². The van der Waals surface area contributed by atoms with Crippen molar-refractivity contribution in [3.8, 4) is 0 Å². The average molecular weight is 330 g/mol. The molecule has 2 heterocycles. The van der Waals surface area contributed by atoms with Gasteiger partial charge < -0.3 is 14.8 Å². The second kappa shape index (κ2) is 7.02. The number of amides is 1. The number of aryl methyl sites for hydroxylation is 1. The molecule has 0 spiro atoms. The summed E-state index contributed by atoms with van der Waals surface area (Å²) in [6.07, 6.45) is 2.64. The summed E-state index contributed by atoms with van der Waals surface area (Å²) in [5.74, 6) is 0.659. The van der Waals surface area contributed by atoms with Crippen molar-refractivity contribution >= 4 is 17.4 Å². The predicted octanol–water partition coefficient (Wildman–Crippen LogP) is 2.50. The zero-order chi connectivity index (χ0) is 17.1. The van der Waals surface area contributed by atoms with Crippen molar-refractivity contribution in [1.82, 2.24) is 9.55 Å². The second-order valence-corrected chi connectivity index (χ2v) is 5.84. The quantitative estimate of drug-likeness (QED) is 0.872. The molecule has 0 aliphatic carbocycles. The Kier molecular flexibility index (Phi) is 4.82. The van der Waals surface area contributed by atoms with Gasteiger partial charge in [0.25, 0.3) is 0 Å². The summed E-state index contributed by atoms with van der Waals surface area (Å²) in [5, 5.41) is 2.94. The number of hydrogen-bond donors (Lipinski definition) is 1. The zero-order valence-corrected chi connectivity index (χ0v) is 14.2. The first-order valence-corrected chi connectivity index (χ1v) is 8.01. The van der Waals surface area contributed by atoms with Gasteiger partial charge >= 0.3 is 0 Å². The monoisotopic (exact) mass is 330 g/mol. The number of aromatic nitrogens is 2. The van der Waals surface area contributed by atoms with Gasteiger partial charge in [0.2, 0.25) is 5.91 Å². The minimum Gasteiger partial charge on any atom is -0.332 e. The fraction of sp³-hybridized carbons (Fsp3) is 0.412. The molecule has 128 valence electrons. The Labute approximate surface area is 141 Å². The van der Waals surface area contributed by atoms with Crippen molar-refractivity contribution in [3.63, 3.8) is 0 Å². The lowest BCUT2D eigenvalue weighted by molar-refractivity contribution is -0.300. The van der Waals surface area contributed by atoms with Gasteiger partial charge in [-0.1, -0.05) is 19.1 Å². The molecule has 1 N–H and O–H groups in total. The number of imidazole rings is 1. The first-order valence-electron chi connectivity index (χ1n) is 8.01. The fourth-order valence-corrected chi connectivity index (χ4v) is 2.64. The van der Waals surface area contributed by atoms with E-state index < -0.39 is 6.04 Å². The molecule has 0 saturated carbocycles. The van der Waals surface area contributed by atoms with Crippen LogP contribution >= 0.6 is 0 Å². The Bertz CT molecular complexity index is 711. The van der Waals surface area contributed by atoms with E-state index in [0.29, 0.717) is 6.73 Å². The standard InChI is InChI=1S/C17H22N4O3/c1-4-13-5-7-14(8-6-13)19-17(22)12(2)21-10-18-16-15(21)9-23-24-11-20(16)3/h5-8,10,12H,4,9,11H2,1-3H3,(H,19,22). The summed E-state index contributed by atoms with van der Waals surface area (Å²) >= 11 is 0. The summed E-state index contributed by atoms with van der Waals surface area (Å²) in [7, 11) is 1.87. The van der Waals surface area contributed by atoms with Gasteiger partial charge in [0.1, 0.15) is 12.6 Å². The van der Waals surface area contributed by atoms with Gasteiger partial charge in [-0.2, -0.15) is 0 Å². The second-order valence-electron chi connectivity index (χ2n) is 5.84. The van der Waals surface area contributed by atoms with E-state index in [2.05, 4.69) is 17.2 Å². The van der Waals surface area contributed by atoms with Crippen LogP contribution in [0.3, 0.4) is 0 Å². The van der Waals surface area contributed by atoms with Crippen LogP contribution in [0.4, 0.5) is 11.5 Å². The molecular weight excluding hydrogens is 308 g/mol. The van der Waals surface area contributed by atoms with Gasteiger partial charge in [-0.25, -0.2) is 14.8 Å². The Balaban J connectivity index is 1.76. The summed E-state index contributed by atoms with van der Waals surface area (Å²) in [4.78, 5) is 29.0. The number of carbonyl (C=O) groups is 1. The molecule has 1 atom stereocenters. The number of fused-ring (bicyclic) bond motifs is 1. The molecule has 2 aromatic rings. The van der Waals surface area contributed by atoms with E-state index in [1.807, 2.05) is 47.7 Å². The van der Waals surface area contributed by atoms with Gasteiger partial charge in [0.15, 0.2) is 12.5 Å². The van der Waals surface area contributed by atoms with Gasteiger partial charge in [0.05, 0.1) is 12.0 Å². The Hall–Kier alpha value is -2.38. The van der Waals surface area contributed by atoms with Crippen molar-refractivity contribution in [1.29, 1.82) is 0 Å². The van der Waals surface area contributed by atoms with Crippen LogP contribution < -0.4 is 10.2 Å². The topological polar surface area (TPSA) is 68.6 Å². The van der Waals surface area contributed by atoms with Crippen molar-refractivity contribution in [3.05, 3.63) is 41.9 Å². The molecule has 0 bridgehead atoms. The summed E-state index contributed by atoms with van der Waals surface area (Å²) < 4.78 is 1.82. The Morgan fingerprint density at radius 3 is 2.79 bits per heavy atom. The number of carbonyl (C=O) groups excluding carboxylic acids is 1. The summed E-state index contributed by atoms with van der Waals surface area (Å²) in [5.41, 5.74) is 2.84. The minimum atomic E-state index is -0.415. The molecule has 1 aliphatic rings. The molecule has 1 unspecified atom stereocenters. The molecule has 1 aromatic carbocycles. The fourth-order valence-electron chi connectivity index (χ4n) is 2.64. The third-order valence-corrected chi connectivity index (χ3v) is 4.19. The lowest BCUT2D eigenvalue weighted by Gasteiger charge is -2.17. The maximum absolute atomic E-state index is 12.6. The predicted molar refractivity (Wildman–Crippen MR) is 90.5 cm³/mol. The van der Waals surface area contributed by atoms with Crippen LogP contribution in [0.5, 0.6) is 0 Å². The largest absolute Gasteiger partial charge is 0.332 e. The highest BCUT2D eigenvalue weighted by Crippen LogP contribution is 2.25. The summed E-state index contributed by atoms with van der Waals surface area (Å²) in [6.45, 7) is 4.49. The normalized spacial score (nSPS) is 15.5. The highest BCUT2D eigenvalue weighted by molar-refractivity contribution is 5.93. The maximum Gasteiger partial charge on any atom is 0.247 e. The maximum atomic E-state index is 12.6. The third kappa shape index (κ3) is 3.27. The number of hydrogen-bond acceptors (Lipinski definition) is 5. The molecule has 1 aliphatic heterocycles. The van der Waals surface area contributed by atoms with Crippen LogP contribution in [0.2, 0.25) is 0 Å². The Morgan fingerprint density at radius 2 is 2.08 bits per heavy atom. The molecule has 7 heteroatoms. The van der Waals surface area contributed by atoms with Crippen molar-refractivity contribution in [2.75, 3.05) is 24.0 Å². The first kappa shape index (κ1) is 16.5. The number of anilines is 2. The number of benzene rings is 1. The van der Waals surface area contributed by atoms with Gasteiger partial charge in [0, 0.05) is 12.7 Å². The molecule has 1 aromatic heterocycles. The van der Waals surface area contributed by atoms with Crippen LogP contribution in [-0.2, 0) is 27.6 Å². The molecule has 1 amide bonds. The molecule has 24 heavy (non-hydrogen) atoms. The lowest BCUT2D eigenvalue weighted by atomic mass is 10.1. The van der Waals surface area contributed by atoms with Crippen LogP contribution in [0.15, 0.2) is 30.6 Å². The van der Waals surface area contributed by atoms with E-state index in [1.165, 1.54) is 5.56 Å². The molecule has 7 nitrogen and oxygen atoms in total. The molecular formula is C17H22N4O3. The van der Waals surface area contributed by atoms with Crippen molar-refractivity contribution in [2.45, 2.75) is 32.9 Å². The van der Waals surface area contributed by atoms with E-state index in [1.54, 1.807) is 6.33 Å². The number of nitrogens with zero attached hydrogens (tertiary/aromatic N) is 3. The van der Waals surface area contributed by atoms with Gasteiger partial charge in [-0.15, -0.1) is 0 Å². The van der Waals surface area contributed by atoms with E-state index >= 15 is 0 Å².